The summed E-state index contributed by atoms with van der Waals surface area (Å²) in [5, 5.41) is 19.1. The molecule has 0 saturated carbocycles. The topological polar surface area (TPSA) is 49.7 Å². The molecular formula is C13H16BrF3O3. The van der Waals surface area contributed by atoms with Crippen LogP contribution in [-0.4, -0.2) is 42.8 Å². The van der Waals surface area contributed by atoms with Crippen molar-refractivity contribution < 1.29 is 28.1 Å². The molecule has 0 amide bonds. The molecule has 7 heteroatoms. The van der Waals surface area contributed by atoms with E-state index < -0.39 is 18.2 Å². The Labute approximate surface area is 123 Å². The third-order valence-corrected chi connectivity index (χ3v) is 3.53. The highest BCUT2D eigenvalue weighted by molar-refractivity contribution is 9.10. The first-order valence-electron chi connectivity index (χ1n) is 5.95. The summed E-state index contributed by atoms with van der Waals surface area (Å²) in [6, 6.07) is 6.94. The van der Waals surface area contributed by atoms with Crippen molar-refractivity contribution in [3.8, 4) is 0 Å². The molecule has 0 fully saturated rings. The van der Waals surface area contributed by atoms with E-state index in [-0.39, 0.29) is 26.2 Å². The zero-order valence-electron chi connectivity index (χ0n) is 10.7. The van der Waals surface area contributed by atoms with Crippen molar-refractivity contribution in [2.75, 3.05) is 26.4 Å². The Balaban J connectivity index is 2.72. The zero-order chi connectivity index (χ0) is 15.2. The number of aliphatic hydroxyl groups is 2. The Morgan fingerprint density at radius 3 is 2.30 bits per heavy atom. The lowest BCUT2D eigenvalue weighted by molar-refractivity contribution is -0.175. The maximum Gasteiger partial charge on any atom is 0.411 e. The fourth-order valence-electron chi connectivity index (χ4n) is 1.81. The average molecular weight is 357 g/mol. The third kappa shape index (κ3) is 5.05. The van der Waals surface area contributed by atoms with Gasteiger partial charge < -0.3 is 14.9 Å². The van der Waals surface area contributed by atoms with Crippen LogP contribution in [0.1, 0.15) is 12.0 Å². The quantitative estimate of drug-likeness (QED) is 0.738. The summed E-state index contributed by atoms with van der Waals surface area (Å²) in [5.74, 6) is 0. The van der Waals surface area contributed by atoms with E-state index in [2.05, 4.69) is 20.7 Å². The summed E-state index contributed by atoms with van der Waals surface area (Å²) in [6.45, 7) is -2.30. The minimum Gasteiger partial charge on any atom is -0.395 e. The van der Waals surface area contributed by atoms with Crippen molar-refractivity contribution >= 4 is 15.9 Å². The molecule has 1 aromatic carbocycles. The second-order valence-corrected chi connectivity index (χ2v) is 5.44. The fraction of sp³-hybridized carbons (Fsp3) is 0.538. The number of benzene rings is 1. The van der Waals surface area contributed by atoms with Crippen LogP contribution >= 0.6 is 15.9 Å². The Hall–Kier alpha value is -0.630. The number of halogens is 4. The smallest absolute Gasteiger partial charge is 0.395 e. The normalized spacial score (nSPS) is 12.7. The molecule has 1 rings (SSSR count). The molecule has 0 radical (unpaired) electrons. The summed E-state index contributed by atoms with van der Waals surface area (Å²) in [7, 11) is 0. The van der Waals surface area contributed by atoms with Gasteiger partial charge in [-0.2, -0.15) is 13.2 Å². The van der Waals surface area contributed by atoms with Gasteiger partial charge in [0.15, 0.2) is 0 Å². The van der Waals surface area contributed by atoms with E-state index in [0.717, 1.165) is 4.47 Å². The molecule has 0 aromatic heterocycles. The molecule has 20 heavy (non-hydrogen) atoms. The van der Waals surface area contributed by atoms with Crippen molar-refractivity contribution in [2.45, 2.75) is 18.0 Å². The van der Waals surface area contributed by atoms with Crippen LogP contribution in [0, 0.1) is 0 Å². The van der Waals surface area contributed by atoms with Gasteiger partial charge in [0.1, 0.15) is 6.61 Å². The van der Waals surface area contributed by atoms with E-state index in [1.807, 2.05) is 0 Å². The van der Waals surface area contributed by atoms with Gasteiger partial charge in [-0.1, -0.05) is 28.1 Å². The lowest BCUT2D eigenvalue weighted by Gasteiger charge is -2.30. The number of alkyl halides is 3. The van der Waals surface area contributed by atoms with Crippen molar-refractivity contribution in [1.29, 1.82) is 0 Å². The first-order chi connectivity index (χ1) is 9.33. The minimum atomic E-state index is -4.38. The van der Waals surface area contributed by atoms with Gasteiger partial charge in [-0.3, -0.25) is 0 Å². The van der Waals surface area contributed by atoms with E-state index in [1.165, 1.54) is 0 Å². The summed E-state index contributed by atoms with van der Waals surface area (Å²) in [5.41, 5.74) is -0.373. The molecule has 0 aliphatic rings. The minimum absolute atomic E-state index is 0.0898. The molecule has 0 aliphatic carbocycles. The van der Waals surface area contributed by atoms with Crippen LogP contribution in [0.15, 0.2) is 28.7 Å². The van der Waals surface area contributed by atoms with Gasteiger partial charge in [-0.25, -0.2) is 0 Å². The number of ether oxygens (including phenoxy) is 1. The van der Waals surface area contributed by atoms with Gasteiger partial charge in [0.2, 0.25) is 0 Å². The Kier molecular flexibility index (Phi) is 6.44. The van der Waals surface area contributed by atoms with Crippen molar-refractivity contribution in [3.63, 3.8) is 0 Å². The first kappa shape index (κ1) is 17.4. The molecule has 3 nitrogen and oxygen atoms in total. The van der Waals surface area contributed by atoms with Crippen LogP contribution in [0.2, 0.25) is 0 Å². The van der Waals surface area contributed by atoms with Crippen LogP contribution in [0.4, 0.5) is 13.2 Å². The number of hydrogen-bond acceptors (Lipinski definition) is 3. The van der Waals surface area contributed by atoms with Crippen LogP contribution in [0.25, 0.3) is 0 Å². The molecule has 0 spiro atoms. The molecule has 0 atom stereocenters. The van der Waals surface area contributed by atoms with Crippen molar-refractivity contribution in [3.05, 3.63) is 34.3 Å². The summed E-state index contributed by atoms with van der Waals surface area (Å²) < 4.78 is 41.3. The summed E-state index contributed by atoms with van der Waals surface area (Å²) in [6.07, 6.45) is -4.29. The van der Waals surface area contributed by atoms with Gasteiger partial charge >= 0.3 is 6.18 Å². The molecule has 0 bridgehead atoms. The number of rotatable bonds is 7. The Morgan fingerprint density at radius 2 is 1.80 bits per heavy atom. The predicted molar refractivity (Wildman–Crippen MR) is 71.5 cm³/mol. The highest BCUT2D eigenvalue weighted by atomic mass is 79.9. The van der Waals surface area contributed by atoms with Crippen LogP contribution < -0.4 is 0 Å². The van der Waals surface area contributed by atoms with Gasteiger partial charge in [0.25, 0.3) is 0 Å². The highest BCUT2D eigenvalue weighted by Gasteiger charge is 2.32. The lowest BCUT2D eigenvalue weighted by atomic mass is 9.79. The highest BCUT2D eigenvalue weighted by Crippen LogP contribution is 2.29. The van der Waals surface area contributed by atoms with Gasteiger partial charge in [0, 0.05) is 16.5 Å². The second kappa shape index (κ2) is 7.40. The summed E-state index contributed by atoms with van der Waals surface area (Å²) in [4.78, 5) is 0. The van der Waals surface area contributed by atoms with Crippen LogP contribution in [0.3, 0.4) is 0 Å². The van der Waals surface area contributed by atoms with E-state index >= 15 is 0 Å². The number of hydrogen-bond donors (Lipinski definition) is 2. The van der Waals surface area contributed by atoms with E-state index in [9.17, 15) is 23.4 Å². The van der Waals surface area contributed by atoms with E-state index in [0.29, 0.717) is 5.56 Å². The number of aliphatic hydroxyl groups excluding tert-OH is 2. The predicted octanol–water partition coefficient (Wildman–Crippen LogP) is 2.64. The van der Waals surface area contributed by atoms with E-state index in [4.69, 9.17) is 0 Å². The Bertz CT molecular complexity index is 420. The molecule has 0 heterocycles. The molecule has 114 valence electrons. The van der Waals surface area contributed by atoms with Crippen LogP contribution in [0.5, 0.6) is 0 Å². The monoisotopic (exact) mass is 356 g/mol. The third-order valence-electron chi connectivity index (χ3n) is 3.03. The maximum atomic E-state index is 12.0. The largest absolute Gasteiger partial charge is 0.411 e. The standard InChI is InChI=1S/C13H16BrF3O3/c14-11-3-1-2-10(6-11)12(7-18,8-19)4-5-20-9-13(15,16)17/h1-3,6,18-19H,4-5,7-9H2. The van der Waals surface area contributed by atoms with Crippen molar-refractivity contribution in [1.82, 2.24) is 0 Å². The first-order valence-corrected chi connectivity index (χ1v) is 6.74. The van der Waals surface area contributed by atoms with Gasteiger partial charge in [0.05, 0.1) is 13.2 Å². The molecule has 1 aromatic rings. The van der Waals surface area contributed by atoms with Gasteiger partial charge in [-0.15, -0.1) is 0 Å². The van der Waals surface area contributed by atoms with E-state index in [1.54, 1.807) is 24.3 Å². The fourth-order valence-corrected chi connectivity index (χ4v) is 2.21. The molecule has 0 aliphatic heterocycles. The molecule has 2 N–H and O–H groups in total. The summed E-state index contributed by atoms with van der Waals surface area (Å²) >= 11 is 3.28. The lowest BCUT2D eigenvalue weighted by Crippen LogP contribution is -2.36. The molecule has 0 saturated heterocycles. The van der Waals surface area contributed by atoms with Gasteiger partial charge in [-0.05, 0) is 24.1 Å². The van der Waals surface area contributed by atoms with Crippen molar-refractivity contribution in [2.24, 2.45) is 0 Å². The maximum absolute atomic E-state index is 12.0. The second-order valence-electron chi connectivity index (χ2n) is 4.52. The molecular weight excluding hydrogens is 341 g/mol. The Morgan fingerprint density at radius 1 is 1.15 bits per heavy atom. The molecule has 0 unspecified atom stereocenters. The SMILES string of the molecule is OCC(CO)(CCOCC(F)(F)F)c1cccc(Br)c1. The zero-order valence-corrected chi connectivity index (χ0v) is 12.2. The average Bonchev–Trinajstić information content (AvgIpc) is 2.38. The van der Waals surface area contributed by atoms with Crippen LogP contribution in [-0.2, 0) is 10.2 Å².